The Morgan fingerprint density at radius 3 is 2.33 bits per heavy atom. The number of carbonyl (C=O) groups is 2. The molecule has 0 fully saturated rings. The van der Waals surface area contributed by atoms with Crippen molar-refractivity contribution >= 4 is 17.9 Å². The number of hydrogen-bond acceptors (Lipinski definition) is 4. The van der Waals surface area contributed by atoms with Crippen LogP contribution >= 0.6 is 0 Å². The molecule has 0 atom stereocenters. The Labute approximate surface area is 121 Å². The van der Waals surface area contributed by atoms with E-state index in [4.69, 9.17) is 5.11 Å². The first-order valence-corrected chi connectivity index (χ1v) is 6.16. The molecule has 0 radical (unpaired) electrons. The molecule has 0 bridgehead atoms. The summed E-state index contributed by atoms with van der Waals surface area (Å²) in [6.07, 6.45) is 2.60. The fraction of sp³-hybridized carbons (Fsp3) is 0. The number of phenols is 2. The quantitative estimate of drug-likeness (QED) is 0.594. The standard InChI is InChI=1S/C16H13NO4/c18-13-8-6-11(10-14(13)19)7-9-15(20)17-16(21)12-4-2-1-3-5-12/h1-10,18-19H,(H,17,20,21)/b9-7+. The van der Waals surface area contributed by atoms with Gasteiger partial charge in [-0.3, -0.25) is 14.9 Å². The van der Waals surface area contributed by atoms with Gasteiger partial charge in [0.2, 0.25) is 0 Å². The molecule has 106 valence electrons. The lowest BCUT2D eigenvalue weighted by molar-refractivity contribution is -0.115. The third-order valence-corrected chi connectivity index (χ3v) is 2.70. The second kappa shape index (κ2) is 6.38. The molecule has 0 unspecified atom stereocenters. The zero-order valence-corrected chi connectivity index (χ0v) is 11.0. The van der Waals surface area contributed by atoms with E-state index in [0.717, 1.165) is 0 Å². The first-order valence-electron chi connectivity index (χ1n) is 6.16. The molecule has 2 aromatic rings. The molecule has 3 N–H and O–H groups in total. The number of nitrogens with one attached hydrogen (secondary N) is 1. The van der Waals surface area contributed by atoms with Crippen molar-refractivity contribution in [2.24, 2.45) is 0 Å². The number of amides is 2. The largest absolute Gasteiger partial charge is 0.504 e. The summed E-state index contributed by atoms with van der Waals surface area (Å²) in [5.41, 5.74) is 0.911. The van der Waals surface area contributed by atoms with Gasteiger partial charge in [0.15, 0.2) is 11.5 Å². The number of aromatic hydroxyl groups is 2. The van der Waals surface area contributed by atoms with Crippen LogP contribution in [0.15, 0.2) is 54.6 Å². The van der Waals surface area contributed by atoms with Gasteiger partial charge >= 0.3 is 0 Å². The minimum atomic E-state index is -0.573. The summed E-state index contributed by atoms with van der Waals surface area (Å²) in [5.74, 6) is -1.58. The number of benzene rings is 2. The van der Waals surface area contributed by atoms with Crippen molar-refractivity contribution in [3.8, 4) is 11.5 Å². The molecule has 0 saturated carbocycles. The van der Waals surface area contributed by atoms with Gasteiger partial charge in [-0.1, -0.05) is 24.3 Å². The van der Waals surface area contributed by atoms with Crippen molar-refractivity contribution in [3.05, 3.63) is 65.7 Å². The van der Waals surface area contributed by atoms with E-state index in [1.54, 1.807) is 30.3 Å². The smallest absolute Gasteiger partial charge is 0.258 e. The van der Waals surface area contributed by atoms with Gasteiger partial charge in [0, 0.05) is 11.6 Å². The molecular weight excluding hydrogens is 270 g/mol. The molecule has 2 aromatic carbocycles. The van der Waals surface area contributed by atoms with Crippen LogP contribution in [0.5, 0.6) is 11.5 Å². The monoisotopic (exact) mass is 283 g/mol. The molecule has 0 saturated heterocycles. The zero-order chi connectivity index (χ0) is 15.2. The summed E-state index contributed by atoms with van der Waals surface area (Å²) < 4.78 is 0. The first kappa shape index (κ1) is 14.3. The first-order chi connectivity index (χ1) is 10.1. The van der Waals surface area contributed by atoms with Crippen molar-refractivity contribution in [1.82, 2.24) is 5.32 Å². The van der Waals surface area contributed by atoms with E-state index in [2.05, 4.69) is 5.32 Å². The summed E-state index contributed by atoms with van der Waals surface area (Å²) in [4.78, 5) is 23.3. The molecule has 21 heavy (non-hydrogen) atoms. The summed E-state index contributed by atoms with van der Waals surface area (Å²) in [7, 11) is 0. The van der Waals surface area contributed by atoms with E-state index in [1.165, 1.54) is 30.4 Å². The van der Waals surface area contributed by atoms with Crippen molar-refractivity contribution in [1.29, 1.82) is 0 Å². The summed E-state index contributed by atoms with van der Waals surface area (Å²) in [5, 5.41) is 20.7. The number of rotatable bonds is 3. The summed E-state index contributed by atoms with van der Waals surface area (Å²) >= 11 is 0. The molecule has 2 amide bonds. The van der Waals surface area contributed by atoms with E-state index in [-0.39, 0.29) is 11.5 Å². The average molecular weight is 283 g/mol. The van der Waals surface area contributed by atoms with Gasteiger partial charge in [0.05, 0.1) is 0 Å². The summed E-state index contributed by atoms with van der Waals surface area (Å²) in [6, 6.07) is 12.5. The van der Waals surface area contributed by atoms with Gasteiger partial charge in [-0.25, -0.2) is 0 Å². The van der Waals surface area contributed by atoms with E-state index >= 15 is 0 Å². The zero-order valence-electron chi connectivity index (χ0n) is 11.0. The number of hydrogen-bond donors (Lipinski definition) is 3. The Bertz CT molecular complexity index is 693. The van der Waals surface area contributed by atoms with Gasteiger partial charge in [0.25, 0.3) is 11.8 Å². The predicted octanol–water partition coefficient (Wildman–Crippen LogP) is 2.07. The van der Waals surface area contributed by atoms with Crippen LogP contribution in [0.2, 0.25) is 0 Å². The Morgan fingerprint density at radius 2 is 1.67 bits per heavy atom. The number of phenolic OH excluding ortho intramolecular Hbond substituents is 2. The van der Waals surface area contributed by atoms with Crippen molar-refractivity contribution in [2.45, 2.75) is 0 Å². The highest BCUT2D eigenvalue weighted by atomic mass is 16.3. The van der Waals surface area contributed by atoms with Crippen molar-refractivity contribution in [2.75, 3.05) is 0 Å². The molecule has 0 aromatic heterocycles. The Morgan fingerprint density at radius 1 is 0.952 bits per heavy atom. The Kier molecular flexibility index (Phi) is 4.36. The van der Waals surface area contributed by atoms with Crippen LogP contribution in [-0.2, 0) is 4.79 Å². The molecule has 0 spiro atoms. The third kappa shape index (κ3) is 3.94. The summed E-state index contributed by atoms with van der Waals surface area (Å²) in [6.45, 7) is 0. The Balaban J connectivity index is 1.99. The molecule has 0 aliphatic carbocycles. The molecule has 5 nitrogen and oxygen atoms in total. The minimum absolute atomic E-state index is 0.240. The molecule has 0 heterocycles. The molecule has 2 rings (SSSR count). The molecular formula is C16H13NO4. The second-order valence-corrected chi connectivity index (χ2v) is 4.27. The third-order valence-electron chi connectivity index (χ3n) is 2.70. The molecule has 0 aliphatic rings. The van der Waals surface area contributed by atoms with Crippen LogP contribution in [0, 0.1) is 0 Å². The van der Waals surface area contributed by atoms with Gasteiger partial charge in [-0.05, 0) is 35.9 Å². The molecule has 5 heteroatoms. The van der Waals surface area contributed by atoms with E-state index in [9.17, 15) is 14.7 Å². The highest BCUT2D eigenvalue weighted by Crippen LogP contribution is 2.25. The van der Waals surface area contributed by atoms with E-state index in [1.807, 2.05) is 0 Å². The van der Waals surface area contributed by atoms with Crippen LogP contribution < -0.4 is 5.32 Å². The van der Waals surface area contributed by atoms with Crippen LogP contribution in [-0.4, -0.2) is 22.0 Å². The van der Waals surface area contributed by atoms with Crippen LogP contribution in [0.1, 0.15) is 15.9 Å². The van der Waals surface area contributed by atoms with Crippen molar-refractivity contribution in [3.63, 3.8) is 0 Å². The maximum Gasteiger partial charge on any atom is 0.258 e. The lowest BCUT2D eigenvalue weighted by atomic mass is 10.2. The second-order valence-electron chi connectivity index (χ2n) is 4.27. The predicted molar refractivity (Wildman–Crippen MR) is 77.7 cm³/mol. The van der Waals surface area contributed by atoms with Gasteiger partial charge < -0.3 is 10.2 Å². The Hall–Kier alpha value is -3.08. The topological polar surface area (TPSA) is 86.6 Å². The van der Waals surface area contributed by atoms with Gasteiger partial charge in [-0.15, -0.1) is 0 Å². The van der Waals surface area contributed by atoms with Crippen LogP contribution in [0.3, 0.4) is 0 Å². The number of imide groups is 1. The number of carbonyl (C=O) groups excluding carboxylic acids is 2. The van der Waals surface area contributed by atoms with E-state index in [0.29, 0.717) is 11.1 Å². The van der Waals surface area contributed by atoms with Crippen LogP contribution in [0.4, 0.5) is 0 Å². The SMILES string of the molecule is O=C(/C=C/c1ccc(O)c(O)c1)NC(=O)c1ccccc1. The highest BCUT2D eigenvalue weighted by molar-refractivity contribution is 6.09. The van der Waals surface area contributed by atoms with Crippen molar-refractivity contribution < 1.29 is 19.8 Å². The van der Waals surface area contributed by atoms with Gasteiger partial charge in [-0.2, -0.15) is 0 Å². The lowest BCUT2D eigenvalue weighted by Crippen LogP contribution is -2.28. The maximum absolute atomic E-state index is 11.7. The minimum Gasteiger partial charge on any atom is -0.504 e. The maximum atomic E-state index is 11.7. The fourth-order valence-corrected chi connectivity index (χ4v) is 1.63. The molecule has 0 aliphatic heterocycles. The van der Waals surface area contributed by atoms with E-state index < -0.39 is 11.8 Å². The average Bonchev–Trinajstić information content (AvgIpc) is 2.49. The highest BCUT2D eigenvalue weighted by Gasteiger charge is 2.07. The van der Waals surface area contributed by atoms with Crippen LogP contribution in [0.25, 0.3) is 6.08 Å². The van der Waals surface area contributed by atoms with Gasteiger partial charge in [0.1, 0.15) is 0 Å². The fourth-order valence-electron chi connectivity index (χ4n) is 1.63. The lowest BCUT2D eigenvalue weighted by Gasteiger charge is -2.01. The normalized spacial score (nSPS) is 10.5.